The van der Waals surface area contributed by atoms with E-state index >= 15 is 0 Å². The van der Waals surface area contributed by atoms with Crippen molar-refractivity contribution in [2.75, 3.05) is 19.5 Å². The Bertz CT molecular complexity index is 586. The van der Waals surface area contributed by atoms with Crippen LogP contribution >= 0.6 is 23.4 Å². The second kappa shape index (κ2) is 6.17. The van der Waals surface area contributed by atoms with E-state index in [1.54, 1.807) is 6.26 Å². The molecule has 21 heavy (non-hydrogen) atoms. The van der Waals surface area contributed by atoms with Crippen molar-refractivity contribution in [1.82, 2.24) is 15.3 Å². The standard InChI is InChI=1S/C12H14ClN3O4S/c1-12(10(18)19)5-20-4-7(12)15-9(17)8-6(13)3-14-11(16-8)21-2/h3,7H,4-5H2,1-2H3,(H,15,17)(H,18,19). The van der Waals surface area contributed by atoms with Gasteiger partial charge in [0.2, 0.25) is 0 Å². The molecule has 2 atom stereocenters. The fourth-order valence-corrected chi connectivity index (χ4v) is 2.44. The number of hydrogen-bond donors (Lipinski definition) is 2. The monoisotopic (exact) mass is 331 g/mol. The number of thioether (sulfide) groups is 1. The molecule has 7 nitrogen and oxygen atoms in total. The molecule has 2 N–H and O–H groups in total. The van der Waals surface area contributed by atoms with Crippen LogP contribution in [0.25, 0.3) is 0 Å². The molecule has 0 aromatic carbocycles. The van der Waals surface area contributed by atoms with Crippen LogP contribution in [0.3, 0.4) is 0 Å². The topological polar surface area (TPSA) is 101 Å². The SMILES string of the molecule is CSc1ncc(Cl)c(C(=O)NC2COCC2(C)C(=O)O)n1. The molecular weight excluding hydrogens is 318 g/mol. The average molecular weight is 332 g/mol. The highest BCUT2D eigenvalue weighted by Gasteiger charge is 2.47. The Morgan fingerprint density at radius 2 is 2.33 bits per heavy atom. The van der Waals surface area contributed by atoms with Crippen LogP contribution in [-0.4, -0.2) is 52.5 Å². The number of halogens is 1. The predicted octanol–water partition coefficient (Wildman–Crippen LogP) is 1.07. The maximum atomic E-state index is 12.3. The van der Waals surface area contributed by atoms with E-state index in [9.17, 15) is 14.7 Å². The zero-order valence-electron chi connectivity index (χ0n) is 11.4. The Hall–Kier alpha value is -1.38. The van der Waals surface area contributed by atoms with Crippen LogP contribution in [0.1, 0.15) is 17.4 Å². The minimum atomic E-state index is -1.17. The third-order valence-electron chi connectivity index (χ3n) is 3.37. The molecule has 1 saturated heterocycles. The van der Waals surface area contributed by atoms with Gasteiger partial charge in [0.25, 0.3) is 5.91 Å². The number of hydrogen-bond acceptors (Lipinski definition) is 6. The largest absolute Gasteiger partial charge is 0.481 e. The number of ether oxygens (including phenoxy) is 1. The molecule has 1 fully saturated rings. The first-order valence-electron chi connectivity index (χ1n) is 6.07. The van der Waals surface area contributed by atoms with Gasteiger partial charge in [0, 0.05) is 0 Å². The molecule has 0 aliphatic carbocycles. The maximum absolute atomic E-state index is 12.3. The number of nitrogens with zero attached hydrogens (tertiary/aromatic N) is 2. The van der Waals surface area contributed by atoms with Crippen molar-refractivity contribution in [1.29, 1.82) is 0 Å². The number of amides is 1. The number of carboxylic acids is 1. The van der Waals surface area contributed by atoms with Gasteiger partial charge in [0.1, 0.15) is 5.41 Å². The molecule has 0 bridgehead atoms. The van der Waals surface area contributed by atoms with Gasteiger partial charge in [0.15, 0.2) is 10.9 Å². The second-order valence-corrected chi connectivity index (χ2v) is 6.00. The van der Waals surface area contributed by atoms with Crippen molar-refractivity contribution in [3.8, 4) is 0 Å². The third kappa shape index (κ3) is 3.12. The zero-order valence-corrected chi connectivity index (χ0v) is 13.0. The Morgan fingerprint density at radius 1 is 1.62 bits per heavy atom. The maximum Gasteiger partial charge on any atom is 0.313 e. The lowest BCUT2D eigenvalue weighted by Crippen LogP contribution is -2.49. The molecule has 0 spiro atoms. The van der Waals surface area contributed by atoms with Crippen molar-refractivity contribution >= 4 is 35.2 Å². The Morgan fingerprint density at radius 3 is 2.95 bits per heavy atom. The van der Waals surface area contributed by atoms with Crippen molar-refractivity contribution in [2.45, 2.75) is 18.1 Å². The van der Waals surface area contributed by atoms with E-state index in [0.717, 1.165) is 0 Å². The summed E-state index contributed by atoms with van der Waals surface area (Å²) in [5.74, 6) is -1.57. The number of carbonyl (C=O) groups excluding carboxylic acids is 1. The Kier molecular flexibility index (Phi) is 4.70. The third-order valence-corrected chi connectivity index (χ3v) is 4.21. The molecular formula is C12H14ClN3O4S. The van der Waals surface area contributed by atoms with Crippen LogP contribution < -0.4 is 5.32 Å². The van der Waals surface area contributed by atoms with E-state index in [0.29, 0.717) is 5.16 Å². The molecule has 2 heterocycles. The second-order valence-electron chi connectivity index (χ2n) is 4.82. The van der Waals surface area contributed by atoms with Crippen LogP contribution in [0.2, 0.25) is 5.02 Å². The first-order valence-corrected chi connectivity index (χ1v) is 7.67. The van der Waals surface area contributed by atoms with Crippen LogP contribution in [0.5, 0.6) is 0 Å². The van der Waals surface area contributed by atoms with Gasteiger partial charge in [-0.25, -0.2) is 9.97 Å². The first kappa shape index (κ1) is 16.0. The minimum absolute atomic E-state index is 0.0238. The average Bonchev–Trinajstić information content (AvgIpc) is 2.82. The first-order chi connectivity index (χ1) is 9.88. The lowest BCUT2D eigenvalue weighted by Gasteiger charge is -2.25. The van der Waals surface area contributed by atoms with Gasteiger partial charge < -0.3 is 15.2 Å². The summed E-state index contributed by atoms with van der Waals surface area (Å²) in [7, 11) is 0. The van der Waals surface area contributed by atoms with Gasteiger partial charge in [-0.2, -0.15) is 0 Å². The van der Waals surface area contributed by atoms with Crippen LogP contribution in [0.4, 0.5) is 0 Å². The molecule has 1 aliphatic rings. The van der Waals surface area contributed by atoms with Crippen molar-refractivity contribution in [3.63, 3.8) is 0 Å². The molecule has 9 heteroatoms. The molecule has 1 aromatic heterocycles. The summed E-state index contributed by atoms with van der Waals surface area (Å²) >= 11 is 7.20. The van der Waals surface area contributed by atoms with E-state index in [1.165, 1.54) is 24.9 Å². The zero-order chi connectivity index (χ0) is 15.6. The van der Waals surface area contributed by atoms with Crippen molar-refractivity contribution in [3.05, 3.63) is 16.9 Å². The lowest BCUT2D eigenvalue weighted by molar-refractivity contribution is -0.148. The molecule has 1 aromatic rings. The smallest absolute Gasteiger partial charge is 0.313 e. The van der Waals surface area contributed by atoms with Gasteiger partial charge in [-0.3, -0.25) is 9.59 Å². The highest BCUT2D eigenvalue weighted by molar-refractivity contribution is 7.98. The summed E-state index contributed by atoms with van der Waals surface area (Å²) < 4.78 is 5.18. The molecule has 114 valence electrons. The number of aliphatic carboxylic acids is 1. The molecule has 1 aliphatic heterocycles. The fraction of sp³-hybridized carbons (Fsp3) is 0.500. The van der Waals surface area contributed by atoms with Crippen LogP contribution in [-0.2, 0) is 9.53 Å². The summed E-state index contributed by atoms with van der Waals surface area (Å²) in [5, 5.41) is 12.4. The fourth-order valence-electron chi connectivity index (χ4n) is 1.92. The Labute approximate surface area is 130 Å². The highest BCUT2D eigenvalue weighted by atomic mass is 35.5. The summed E-state index contributed by atoms with van der Waals surface area (Å²) in [4.78, 5) is 31.6. The van der Waals surface area contributed by atoms with Gasteiger partial charge in [-0.15, -0.1) is 0 Å². The molecule has 0 radical (unpaired) electrons. The lowest BCUT2D eigenvalue weighted by atomic mass is 9.85. The quantitative estimate of drug-likeness (QED) is 0.628. The predicted molar refractivity (Wildman–Crippen MR) is 76.6 cm³/mol. The summed E-state index contributed by atoms with van der Waals surface area (Å²) in [6, 6.07) is -0.647. The van der Waals surface area contributed by atoms with E-state index in [2.05, 4.69) is 15.3 Å². The normalized spacial score (nSPS) is 24.8. The van der Waals surface area contributed by atoms with Gasteiger partial charge >= 0.3 is 5.97 Å². The Balaban J connectivity index is 2.20. The summed E-state index contributed by atoms with van der Waals surface area (Å²) in [5.41, 5.74) is -1.15. The van der Waals surface area contributed by atoms with Gasteiger partial charge in [0.05, 0.1) is 30.5 Å². The van der Waals surface area contributed by atoms with Crippen LogP contribution in [0, 0.1) is 5.41 Å². The van der Waals surface area contributed by atoms with Gasteiger partial charge in [-0.1, -0.05) is 23.4 Å². The van der Waals surface area contributed by atoms with Gasteiger partial charge in [-0.05, 0) is 13.2 Å². The van der Waals surface area contributed by atoms with E-state index in [1.807, 2.05) is 0 Å². The summed E-state index contributed by atoms with van der Waals surface area (Å²) in [6.45, 7) is 1.70. The van der Waals surface area contributed by atoms with E-state index < -0.39 is 23.3 Å². The van der Waals surface area contributed by atoms with Crippen LogP contribution in [0.15, 0.2) is 11.4 Å². The molecule has 1 amide bonds. The number of aromatic nitrogens is 2. The number of carbonyl (C=O) groups is 2. The number of carboxylic acid groups (broad SMARTS) is 1. The molecule has 2 unspecified atom stereocenters. The van der Waals surface area contributed by atoms with E-state index in [-0.39, 0.29) is 23.9 Å². The van der Waals surface area contributed by atoms with Crippen molar-refractivity contribution in [2.24, 2.45) is 5.41 Å². The minimum Gasteiger partial charge on any atom is -0.481 e. The molecule has 2 rings (SSSR count). The van der Waals surface area contributed by atoms with Crippen molar-refractivity contribution < 1.29 is 19.4 Å². The highest BCUT2D eigenvalue weighted by Crippen LogP contribution is 2.29. The summed E-state index contributed by atoms with van der Waals surface area (Å²) in [6.07, 6.45) is 3.12. The number of rotatable bonds is 4. The molecule has 0 saturated carbocycles. The number of nitrogens with one attached hydrogen (secondary N) is 1. The van der Waals surface area contributed by atoms with E-state index in [4.69, 9.17) is 16.3 Å².